The Bertz CT molecular complexity index is 425. The lowest BCUT2D eigenvalue weighted by Gasteiger charge is -1.98. The fourth-order valence-electron chi connectivity index (χ4n) is 1.07. The average Bonchev–Trinajstić information content (AvgIpc) is 2.52. The van der Waals surface area contributed by atoms with Crippen LogP contribution < -0.4 is 0 Å². The molecule has 0 radical (unpaired) electrons. The molecule has 3 nitrogen and oxygen atoms in total. The first-order valence-corrected chi connectivity index (χ1v) is 4.05. The van der Waals surface area contributed by atoms with E-state index >= 15 is 0 Å². The molecule has 1 N–H and O–H groups in total. The standard InChI is InChI=1S/C9H6ClNO2/c10-7-4-2-1-3-6(7)9-8(12)5-13-11-9/h1-5,12H. The first kappa shape index (κ1) is 8.13. The molecule has 0 saturated carbocycles. The minimum atomic E-state index is -0.00639. The molecule has 0 aliphatic rings. The second kappa shape index (κ2) is 3.11. The van der Waals surface area contributed by atoms with E-state index in [1.807, 2.05) is 12.1 Å². The van der Waals surface area contributed by atoms with Gasteiger partial charge in [0.2, 0.25) is 0 Å². The molecule has 2 rings (SSSR count). The van der Waals surface area contributed by atoms with E-state index in [-0.39, 0.29) is 5.75 Å². The van der Waals surface area contributed by atoms with Crippen molar-refractivity contribution in [2.45, 2.75) is 0 Å². The quantitative estimate of drug-likeness (QED) is 0.761. The van der Waals surface area contributed by atoms with Crippen molar-refractivity contribution in [1.82, 2.24) is 5.16 Å². The van der Waals surface area contributed by atoms with Crippen molar-refractivity contribution < 1.29 is 9.63 Å². The first-order valence-electron chi connectivity index (χ1n) is 3.67. The van der Waals surface area contributed by atoms with E-state index in [1.54, 1.807) is 12.1 Å². The summed E-state index contributed by atoms with van der Waals surface area (Å²) in [6, 6.07) is 7.11. The Balaban J connectivity index is 2.59. The van der Waals surface area contributed by atoms with Gasteiger partial charge in [-0.15, -0.1) is 0 Å². The van der Waals surface area contributed by atoms with Crippen molar-refractivity contribution in [2.24, 2.45) is 0 Å². The Hall–Kier alpha value is -1.48. The third-order valence-electron chi connectivity index (χ3n) is 1.68. The fraction of sp³-hybridized carbons (Fsp3) is 0. The highest BCUT2D eigenvalue weighted by Crippen LogP contribution is 2.32. The normalized spacial score (nSPS) is 10.2. The van der Waals surface area contributed by atoms with E-state index in [0.717, 1.165) is 0 Å². The van der Waals surface area contributed by atoms with Gasteiger partial charge < -0.3 is 9.63 Å². The van der Waals surface area contributed by atoms with Crippen molar-refractivity contribution in [3.05, 3.63) is 35.6 Å². The Labute approximate surface area is 79.6 Å². The fourth-order valence-corrected chi connectivity index (χ4v) is 1.30. The van der Waals surface area contributed by atoms with E-state index in [1.165, 1.54) is 6.26 Å². The maximum absolute atomic E-state index is 9.31. The van der Waals surface area contributed by atoms with E-state index in [4.69, 9.17) is 11.6 Å². The summed E-state index contributed by atoms with van der Waals surface area (Å²) in [5.74, 6) is -0.00639. The molecule has 4 heteroatoms. The van der Waals surface area contributed by atoms with Crippen LogP contribution in [0.25, 0.3) is 11.3 Å². The van der Waals surface area contributed by atoms with Gasteiger partial charge in [-0.25, -0.2) is 0 Å². The molecule has 0 amide bonds. The lowest BCUT2D eigenvalue weighted by Crippen LogP contribution is -1.78. The summed E-state index contributed by atoms with van der Waals surface area (Å²) in [6.07, 6.45) is 1.17. The second-order valence-electron chi connectivity index (χ2n) is 2.53. The Morgan fingerprint density at radius 1 is 1.31 bits per heavy atom. The summed E-state index contributed by atoms with van der Waals surface area (Å²) in [5, 5.41) is 13.5. The van der Waals surface area contributed by atoms with Crippen molar-refractivity contribution in [2.75, 3.05) is 0 Å². The lowest BCUT2D eigenvalue weighted by molar-refractivity contribution is 0.408. The molecule has 0 bridgehead atoms. The van der Waals surface area contributed by atoms with Gasteiger partial charge in [-0.05, 0) is 6.07 Å². The number of benzene rings is 1. The number of hydrogen-bond acceptors (Lipinski definition) is 3. The van der Waals surface area contributed by atoms with Crippen LogP contribution in [-0.4, -0.2) is 10.3 Å². The minimum absolute atomic E-state index is 0.00639. The van der Waals surface area contributed by atoms with Crippen molar-refractivity contribution >= 4 is 11.6 Å². The molecule has 1 aromatic carbocycles. The number of halogens is 1. The highest BCUT2D eigenvalue weighted by Gasteiger charge is 2.11. The van der Waals surface area contributed by atoms with Gasteiger partial charge in [0.15, 0.2) is 17.7 Å². The zero-order valence-corrected chi connectivity index (χ0v) is 7.32. The summed E-state index contributed by atoms with van der Waals surface area (Å²) in [5.41, 5.74) is 1.03. The Morgan fingerprint density at radius 3 is 2.69 bits per heavy atom. The van der Waals surface area contributed by atoms with Crippen LogP contribution in [-0.2, 0) is 0 Å². The Morgan fingerprint density at radius 2 is 2.08 bits per heavy atom. The van der Waals surface area contributed by atoms with Crippen molar-refractivity contribution in [1.29, 1.82) is 0 Å². The summed E-state index contributed by atoms with van der Waals surface area (Å²) in [6.45, 7) is 0. The second-order valence-corrected chi connectivity index (χ2v) is 2.94. The molecule has 0 aliphatic carbocycles. The summed E-state index contributed by atoms with van der Waals surface area (Å²) >= 11 is 5.89. The van der Waals surface area contributed by atoms with E-state index in [2.05, 4.69) is 9.68 Å². The van der Waals surface area contributed by atoms with Gasteiger partial charge >= 0.3 is 0 Å². The highest BCUT2D eigenvalue weighted by molar-refractivity contribution is 6.33. The van der Waals surface area contributed by atoms with Gasteiger partial charge in [-0.3, -0.25) is 0 Å². The number of hydrogen-bond donors (Lipinski definition) is 1. The van der Waals surface area contributed by atoms with E-state index in [0.29, 0.717) is 16.3 Å². The molecule has 0 fully saturated rings. The number of aromatic nitrogens is 1. The van der Waals surface area contributed by atoms with Crippen LogP contribution in [0.3, 0.4) is 0 Å². The van der Waals surface area contributed by atoms with Gasteiger partial charge in [0, 0.05) is 5.56 Å². The van der Waals surface area contributed by atoms with Gasteiger partial charge in [0.05, 0.1) is 5.02 Å². The maximum atomic E-state index is 9.31. The minimum Gasteiger partial charge on any atom is -0.503 e. The van der Waals surface area contributed by atoms with Gasteiger partial charge in [0.25, 0.3) is 0 Å². The smallest absolute Gasteiger partial charge is 0.183 e. The zero-order valence-electron chi connectivity index (χ0n) is 6.57. The van der Waals surface area contributed by atoms with Crippen LogP contribution in [0.4, 0.5) is 0 Å². The van der Waals surface area contributed by atoms with E-state index in [9.17, 15) is 5.11 Å². The third-order valence-corrected chi connectivity index (χ3v) is 2.01. The third kappa shape index (κ3) is 1.38. The topological polar surface area (TPSA) is 46.3 Å². The summed E-state index contributed by atoms with van der Waals surface area (Å²) < 4.78 is 4.60. The molecule has 1 aromatic heterocycles. The average molecular weight is 196 g/mol. The first-order chi connectivity index (χ1) is 6.29. The van der Waals surface area contributed by atoms with Crippen LogP contribution in [0.5, 0.6) is 5.75 Å². The molecule has 13 heavy (non-hydrogen) atoms. The molecular formula is C9H6ClNO2. The van der Waals surface area contributed by atoms with Crippen LogP contribution in [0.2, 0.25) is 5.02 Å². The van der Waals surface area contributed by atoms with Crippen LogP contribution in [0.1, 0.15) is 0 Å². The Kier molecular flexibility index (Phi) is 1.94. The largest absolute Gasteiger partial charge is 0.503 e. The predicted octanol–water partition coefficient (Wildman–Crippen LogP) is 2.70. The monoisotopic (exact) mass is 195 g/mol. The molecule has 0 saturated heterocycles. The number of rotatable bonds is 1. The maximum Gasteiger partial charge on any atom is 0.183 e. The van der Waals surface area contributed by atoms with Crippen molar-refractivity contribution in [3.63, 3.8) is 0 Å². The molecule has 66 valence electrons. The summed E-state index contributed by atoms with van der Waals surface area (Å²) in [4.78, 5) is 0. The molecule has 2 aromatic rings. The predicted molar refractivity (Wildman–Crippen MR) is 48.6 cm³/mol. The zero-order chi connectivity index (χ0) is 9.26. The SMILES string of the molecule is Oc1conc1-c1ccccc1Cl. The van der Waals surface area contributed by atoms with Gasteiger partial charge in [0.1, 0.15) is 0 Å². The van der Waals surface area contributed by atoms with Crippen LogP contribution in [0, 0.1) is 0 Å². The van der Waals surface area contributed by atoms with Gasteiger partial charge in [-0.1, -0.05) is 35.0 Å². The van der Waals surface area contributed by atoms with E-state index < -0.39 is 0 Å². The lowest BCUT2D eigenvalue weighted by atomic mass is 10.1. The van der Waals surface area contributed by atoms with Crippen LogP contribution >= 0.6 is 11.6 Å². The highest BCUT2D eigenvalue weighted by atomic mass is 35.5. The van der Waals surface area contributed by atoms with Gasteiger partial charge in [-0.2, -0.15) is 0 Å². The summed E-state index contributed by atoms with van der Waals surface area (Å²) in [7, 11) is 0. The molecule has 0 spiro atoms. The molecule has 0 unspecified atom stereocenters. The number of aromatic hydroxyl groups is 1. The van der Waals surface area contributed by atoms with Crippen LogP contribution in [0.15, 0.2) is 35.1 Å². The molecule has 1 heterocycles. The van der Waals surface area contributed by atoms with Crippen molar-refractivity contribution in [3.8, 4) is 17.0 Å². The number of nitrogens with zero attached hydrogens (tertiary/aromatic N) is 1. The molecular weight excluding hydrogens is 190 g/mol. The molecule has 0 atom stereocenters. The molecule has 0 aliphatic heterocycles.